The molecule has 2 aromatic carbocycles. The molecule has 0 radical (unpaired) electrons. The smallest absolute Gasteiger partial charge is 0.322 e. The molecule has 1 unspecified atom stereocenters. The fraction of sp³-hybridized carbons (Fsp3) is 0.304. The molecule has 9 heteroatoms. The largest absolute Gasteiger partial charge is 0.416 e. The highest BCUT2D eigenvalue weighted by Crippen LogP contribution is 2.34. The maximum atomic E-state index is 14.0. The van der Waals surface area contributed by atoms with E-state index < -0.39 is 29.0 Å². The Kier molecular flexibility index (Phi) is 5.90. The molecule has 1 N–H and O–H groups in total. The lowest BCUT2D eigenvalue weighted by atomic mass is 9.84. The molecule has 1 atom stereocenters. The minimum atomic E-state index is -4.69. The normalized spacial score (nSPS) is 18.5. The van der Waals surface area contributed by atoms with Crippen LogP contribution in [0.5, 0.6) is 0 Å². The first kappa shape index (κ1) is 21.9. The lowest BCUT2D eigenvalue weighted by molar-refractivity contribution is -0.137. The van der Waals surface area contributed by atoms with Crippen molar-refractivity contribution in [2.75, 3.05) is 5.32 Å². The van der Waals surface area contributed by atoms with Gasteiger partial charge in [0, 0.05) is 17.7 Å². The van der Waals surface area contributed by atoms with Gasteiger partial charge in [0.15, 0.2) is 0 Å². The molecule has 32 heavy (non-hydrogen) atoms. The number of hydrogen-bond donors (Lipinski definition) is 1. The second-order valence-corrected chi connectivity index (χ2v) is 7.80. The second-order valence-electron chi connectivity index (χ2n) is 7.80. The Balaban J connectivity index is 1.52. The molecular formula is C23H19F4N3O2. The van der Waals surface area contributed by atoms with Crippen LogP contribution in [0.25, 0.3) is 0 Å². The SMILES string of the molecule is O=C1N=NC(Cc2cccc(NC(=O)c3cc(C(F)(F)F)ccc3F)c2)C2=C1CCCC2. The summed E-state index contributed by atoms with van der Waals surface area (Å²) in [7, 11) is 0. The van der Waals surface area contributed by atoms with Crippen LogP contribution in [0.3, 0.4) is 0 Å². The number of amides is 2. The van der Waals surface area contributed by atoms with Gasteiger partial charge in [-0.05, 0) is 67.2 Å². The lowest BCUT2D eigenvalue weighted by Crippen LogP contribution is -2.23. The quantitative estimate of drug-likeness (QED) is 0.598. The standard InChI is InChI=1S/C23H19F4N3O2/c24-19-9-8-14(23(25,26)27)12-18(19)21(31)28-15-5-3-4-13(10-15)11-20-16-6-1-2-7-17(16)22(32)30-29-20/h3-5,8-10,12,20H,1-2,6-7,11H2,(H,28,31). The van der Waals surface area contributed by atoms with E-state index in [2.05, 4.69) is 15.5 Å². The van der Waals surface area contributed by atoms with E-state index in [1.807, 2.05) is 6.07 Å². The molecule has 2 aromatic rings. The summed E-state index contributed by atoms with van der Waals surface area (Å²) < 4.78 is 52.7. The zero-order chi connectivity index (χ0) is 22.9. The molecule has 1 heterocycles. The molecule has 0 saturated carbocycles. The van der Waals surface area contributed by atoms with E-state index >= 15 is 0 Å². The van der Waals surface area contributed by atoms with Crippen LogP contribution in [-0.2, 0) is 17.4 Å². The van der Waals surface area contributed by atoms with Crippen LogP contribution in [0.4, 0.5) is 23.2 Å². The van der Waals surface area contributed by atoms with Gasteiger partial charge in [0.2, 0.25) is 0 Å². The summed E-state index contributed by atoms with van der Waals surface area (Å²) >= 11 is 0. The van der Waals surface area contributed by atoms with E-state index in [4.69, 9.17) is 0 Å². The van der Waals surface area contributed by atoms with E-state index in [1.54, 1.807) is 18.2 Å². The fourth-order valence-corrected chi connectivity index (χ4v) is 4.03. The molecule has 4 rings (SSSR count). The first-order chi connectivity index (χ1) is 15.2. The van der Waals surface area contributed by atoms with Crippen molar-refractivity contribution < 1.29 is 27.2 Å². The van der Waals surface area contributed by atoms with Crippen LogP contribution in [0.1, 0.15) is 47.2 Å². The van der Waals surface area contributed by atoms with Crippen LogP contribution in [0, 0.1) is 5.82 Å². The summed E-state index contributed by atoms with van der Waals surface area (Å²) in [5.74, 6) is -2.30. The number of hydrogen-bond acceptors (Lipinski definition) is 3. The Morgan fingerprint density at radius 2 is 1.88 bits per heavy atom. The van der Waals surface area contributed by atoms with Gasteiger partial charge in [0.25, 0.3) is 11.8 Å². The Morgan fingerprint density at radius 1 is 1.09 bits per heavy atom. The Labute approximate surface area is 181 Å². The third-order valence-electron chi connectivity index (χ3n) is 5.61. The van der Waals surface area contributed by atoms with Crippen molar-refractivity contribution in [1.82, 2.24) is 0 Å². The number of benzene rings is 2. The van der Waals surface area contributed by atoms with Crippen molar-refractivity contribution >= 4 is 17.5 Å². The first-order valence-electron chi connectivity index (χ1n) is 10.2. The van der Waals surface area contributed by atoms with Gasteiger partial charge >= 0.3 is 6.18 Å². The predicted molar refractivity (Wildman–Crippen MR) is 109 cm³/mol. The summed E-state index contributed by atoms with van der Waals surface area (Å²) in [6.07, 6.45) is -0.821. The molecule has 0 saturated heterocycles. The average molecular weight is 445 g/mol. The van der Waals surface area contributed by atoms with Crippen LogP contribution in [-0.4, -0.2) is 17.9 Å². The van der Waals surface area contributed by atoms with Gasteiger partial charge in [-0.3, -0.25) is 9.59 Å². The lowest BCUT2D eigenvalue weighted by Gasteiger charge is -2.25. The van der Waals surface area contributed by atoms with E-state index in [-0.39, 0.29) is 11.9 Å². The Bertz CT molecular complexity index is 1140. The number of nitrogens with zero attached hydrogens (tertiary/aromatic N) is 2. The minimum absolute atomic E-state index is 0.269. The van der Waals surface area contributed by atoms with Crippen LogP contribution in [0.2, 0.25) is 0 Å². The monoisotopic (exact) mass is 445 g/mol. The molecule has 166 valence electrons. The van der Waals surface area contributed by atoms with Crippen molar-refractivity contribution in [2.45, 2.75) is 44.3 Å². The van der Waals surface area contributed by atoms with E-state index in [0.29, 0.717) is 36.7 Å². The van der Waals surface area contributed by atoms with Gasteiger partial charge in [-0.25, -0.2) is 4.39 Å². The summed E-state index contributed by atoms with van der Waals surface area (Å²) in [5, 5.41) is 10.4. The number of nitrogens with one attached hydrogen (secondary N) is 1. The fourth-order valence-electron chi connectivity index (χ4n) is 4.03. The highest BCUT2D eigenvalue weighted by molar-refractivity contribution is 6.04. The summed E-state index contributed by atoms with van der Waals surface area (Å²) in [6.45, 7) is 0. The number of carbonyl (C=O) groups excluding carboxylic acids is 2. The number of azo groups is 1. The zero-order valence-electron chi connectivity index (χ0n) is 16.9. The van der Waals surface area contributed by atoms with E-state index in [1.165, 1.54) is 0 Å². The van der Waals surface area contributed by atoms with Crippen molar-refractivity contribution in [3.8, 4) is 0 Å². The van der Waals surface area contributed by atoms with E-state index in [0.717, 1.165) is 36.0 Å². The highest BCUT2D eigenvalue weighted by Gasteiger charge is 2.32. The maximum Gasteiger partial charge on any atom is 0.416 e. The number of alkyl halides is 3. The van der Waals surface area contributed by atoms with Gasteiger partial charge in [-0.2, -0.15) is 18.3 Å². The maximum absolute atomic E-state index is 14.0. The van der Waals surface area contributed by atoms with Gasteiger partial charge in [-0.15, -0.1) is 5.11 Å². The topological polar surface area (TPSA) is 70.9 Å². The molecule has 5 nitrogen and oxygen atoms in total. The van der Waals surface area contributed by atoms with Gasteiger partial charge in [0.1, 0.15) is 5.82 Å². The number of anilines is 1. The molecular weight excluding hydrogens is 426 g/mol. The van der Waals surface area contributed by atoms with Gasteiger partial charge in [-0.1, -0.05) is 12.1 Å². The zero-order valence-corrected chi connectivity index (χ0v) is 16.9. The van der Waals surface area contributed by atoms with Crippen LogP contribution < -0.4 is 5.32 Å². The third-order valence-corrected chi connectivity index (χ3v) is 5.61. The number of carbonyl (C=O) groups is 2. The molecule has 0 fully saturated rings. The third kappa shape index (κ3) is 4.61. The van der Waals surface area contributed by atoms with Crippen LogP contribution >= 0.6 is 0 Å². The second kappa shape index (κ2) is 8.64. The summed E-state index contributed by atoms with van der Waals surface area (Å²) in [5.41, 5.74) is 1.04. The summed E-state index contributed by atoms with van der Waals surface area (Å²) in [6, 6.07) is 8.14. The van der Waals surface area contributed by atoms with Crippen molar-refractivity contribution in [2.24, 2.45) is 10.2 Å². The number of rotatable bonds is 4. The van der Waals surface area contributed by atoms with Crippen molar-refractivity contribution in [1.29, 1.82) is 0 Å². The summed E-state index contributed by atoms with van der Waals surface area (Å²) in [4.78, 5) is 24.4. The molecule has 2 amide bonds. The van der Waals surface area contributed by atoms with Gasteiger partial charge < -0.3 is 5.32 Å². The molecule has 1 aliphatic heterocycles. The van der Waals surface area contributed by atoms with Crippen molar-refractivity contribution in [3.63, 3.8) is 0 Å². The Morgan fingerprint density at radius 3 is 2.66 bits per heavy atom. The molecule has 0 spiro atoms. The number of halogens is 4. The average Bonchev–Trinajstić information content (AvgIpc) is 2.75. The Hall–Kier alpha value is -3.36. The van der Waals surface area contributed by atoms with Crippen molar-refractivity contribution in [3.05, 3.63) is 76.1 Å². The molecule has 0 aromatic heterocycles. The van der Waals surface area contributed by atoms with E-state index in [9.17, 15) is 27.2 Å². The highest BCUT2D eigenvalue weighted by atomic mass is 19.4. The molecule has 2 aliphatic rings. The first-order valence-corrected chi connectivity index (χ1v) is 10.2. The predicted octanol–water partition coefficient (Wildman–Crippen LogP) is 5.87. The van der Waals surface area contributed by atoms with Crippen LogP contribution in [0.15, 0.2) is 63.8 Å². The van der Waals surface area contributed by atoms with Gasteiger partial charge in [0.05, 0.1) is 17.2 Å². The minimum Gasteiger partial charge on any atom is -0.322 e. The molecule has 1 aliphatic carbocycles. The molecule has 0 bridgehead atoms.